The van der Waals surface area contributed by atoms with Crippen molar-refractivity contribution in [2.24, 2.45) is 0 Å². The second-order valence-electron chi connectivity index (χ2n) is 11.2. The van der Waals surface area contributed by atoms with Gasteiger partial charge in [-0.1, -0.05) is 12.2 Å². The third kappa shape index (κ3) is 4.69. The van der Waals surface area contributed by atoms with Crippen molar-refractivity contribution in [2.45, 2.75) is 32.4 Å². The molecule has 2 bridgehead atoms. The Balaban J connectivity index is 1.25. The van der Waals surface area contributed by atoms with Crippen molar-refractivity contribution in [2.75, 3.05) is 55.0 Å². The SMILES string of the molecule is CC1CN(c2ccc(Nc3ncc4c(=O)n5n(c4n3)-c3ccc4c(c3)N(CCCC=CC5)C(=O)CO4)cc2)CCN1C. The zero-order valence-electron chi connectivity index (χ0n) is 23.9. The highest BCUT2D eigenvalue weighted by Gasteiger charge is 2.27. The number of hydrogen-bond acceptors (Lipinski definition) is 8. The molecular formula is C31H34N8O3. The van der Waals surface area contributed by atoms with E-state index in [1.165, 1.54) is 5.69 Å². The van der Waals surface area contributed by atoms with E-state index in [2.05, 4.69) is 52.3 Å². The Hall–Kier alpha value is -4.64. The molecule has 11 heteroatoms. The summed E-state index contributed by atoms with van der Waals surface area (Å²) in [7, 11) is 2.17. The predicted octanol–water partition coefficient (Wildman–Crippen LogP) is 3.54. The van der Waals surface area contributed by atoms with Crippen molar-refractivity contribution in [1.29, 1.82) is 0 Å². The zero-order valence-corrected chi connectivity index (χ0v) is 23.9. The highest BCUT2D eigenvalue weighted by Crippen LogP contribution is 2.35. The molecule has 216 valence electrons. The van der Waals surface area contributed by atoms with Gasteiger partial charge < -0.3 is 24.8 Å². The number of anilines is 4. The lowest BCUT2D eigenvalue weighted by molar-refractivity contribution is -0.121. The van der Waals surface area contributed by atoms with Crippen LogP contribution in [0.15, 0.2) is 65.6 Å². The first-order valence-electron chi connectivity index (χ1n) is 14.5. The number of nitrogens with zero attached hydrogens (tertiary/aromatic N) is 7. The van der Waals surface area contributed by atoms with Crippen LogP contribution < -0.4 is 25.4 Å². The van der Waals surface area contributed by atoms with E-state index in [0.717, 1.165) is 38.2 Å². The fourth-order valence-corrected chi connectivity index (χ4v) is 5.91. The molecule has 0 aliphatic carbocycles. The van der Waals surface area contributed by atoms with Crippen LogP contribution in [-0.2, 0) is 11.3 Å². The topological polar surface area (TPSA) is 101 Å². The minimum Gasteiger partial charge on any atom is -0.482 e. The first-order chi connectivity index (χ1) is 20.5. The third-order valence-electron chi connectivity index (χ3n) is 8.45. The van der Waals surface area contributed by atoms with Gasteiger partial charge in [-0.25, -0.2) is 14.3 Å². The molecule has 1 atom stereocenters. The number of piperazine rings is 1. The summed E-state index contributed by atoms with van der Waals surface area (Å²) >= 11 is 0. The van der Waals surface area contributed by atoms with Crippen LogP contribution in [0.4, 0.5) is 23.0 Å². The summed E-state index contributed by atoms with van der Waals surface area (Å²) in [5, 5.41) is 3.73. The summed E-state index contributed by atoms with van der Waals surface area (Å²) in [5.41, 5.74) is 3.78. The molecule has 4 aromatic rings. The molecule has 11 nitrogen and oxygen atoms in total. The molecule has 3 aliphatic rings. The second-order valence-corrected chi connectivity index (χ2v) is 11.2. The maximum absolute atomic E-state index is 13.5. The van der Waals surface area contributed by atoms with Gasteiger partial charge in [0, 0.05) is 49.8 Å². The molecule has 5 heterocycles. The van der Waals surface area contributed by atoms with Gasteiger partial charge >= 0.3 is 0 Å². The number of allylic oxidation sites excluding steroid dienone is 2. The lowest BCUT2D eigenvalue weighted by Crippen LogP contribution is -2.50. The van der Waals surface area contributed by atoms with Crippen LogP contribution in [-0.4, -0.2) is 76.0 Å². The Bertz CT molecular complexity index is 1740. The molecule has 2 aromatic carbocycles. The number of likely N-dealkylation sites (N-methyl/N-ethyl adjacent to an activating group) is 1. The predicted molar refractivity (Wildman–Crippen MR) is 163 cm³/mol. The summed E-state index contributed by atoms with van der Waals surface area (Å²) in [5.74, 6) is 0.976. The van der Waals surface area contributed by atoms with Gasteiger partial charge in [-0.05, 0) is 69.3 Å². The van der Waals surface area contributed by atoms with Crippen molar-refractivity contribution >= 4 is 40.0 Å². The molecule has 0 spiro atoms. The van der Waals surface area contributed by atoms with Crippen LogP contribution in [0.3, 0.4) is 0 Å². The van der Waals surface area contributed by atoms with Crippen LogP contribution >= 0.6 is 0 Å². The highest BCUT2D eigenvalue weighted by atomic mass is 16.5. The fourth-order valence-electron chi connectivity index (χ4n) is 5.91. The maximum atomic E-state index is 13.5. The minimum absolute atomic E-state index is 0.0249. The molecule has 1 unspecified atom stereocenters. The van der Waals surface area contributed by atoms with Gasteiger partial charge in [0.1, 0.15) is 11.1 Å². The van der Waals surface area contributed by atoms with Gasteiger partial charge in [-0.3, -0.25) is 9.59 Å². The van der Waals surface area contributed by atoms with Crippen molar-refractivity contribution < 1.29 is 9.53 Å². The smallest absolute Gasteiger partial charge is 0.278 e. The molecule has 1 amide bonds. The molecule has 42 heavy (non-hydrogen) atoms. The van der Waals surface area contributed by atoms with E-state index in [1.807, 2.05) is 41.1 Å². The number of benzene rings is 2. The van der Waals surface area contributed by atoms with Gasteiger partial charge in [-0.15, -0.1) is 0 Å². The summed E-state index contributed by atoms with van der Waals surface area (Å²) in [6, 6.07) is 14.4. The number of ether oxygens (including phenoxy) is 1. The zero-order chi connectivity index (χ0) is 28.8. The Labute approximate surface area is 243 Å². The lowest BCUT2D eigenvalue weighted by Gasteiger charge is -2.39. The van der Waals surface area contributed by atoms with E-state index >= 15 is 0 Å². The van der Waals surface area contributed by atoms with Gasteiger partial charge in [0.05, 0.1) is 17.9 Å². The first kappa shape index (κ1) is 26.3. The molecule has 1 saturated heterocycles. The number of carbonyl (C=O) groups is 1. The maximum Gasteiger partial charge on any atom is 0.278 e. The molecule has 7 rings (SSSR count). The number of carbonyl (C=O) groups excluding carboxylic acids is 1. The largest absolute Gasteiger partial charge is 0.482 e. The number of aromatic nitrogens is 4. The Morgan fingerprint density at radius 1 is 1.00 bits per heavy atom. The summed E-state index contributed by atoms with van der Waals surface area (Å²) in [6.07, 6.45) is 7.25. The summed E-state index contributed by atoms with van der Waals surface area (Å²) in [4.78, 5) is 42.2. The molecular weight excluding hydrogens is 532 g/mol. The molecule has 0 saturated carbocycles. The summed E-state index contributed by atoms with van der Waals surface area (Å²) < 4.78 is 9.19. The van der Waals surface area contributed by atoms with Gasteiger partial charge in [0.15, 0.2) is 12.3 Å². The molecule has 1 fully saturated rings. The second kappa shape index (κ2) is 10.6. The molecule has 3 aliphatic heterocycles. The molecule has 1 N–H and O–H groups in total. The molecule has 0 radical (unpaired) electrons. The summed E-state index contributed by atoms with van der Waals surface area (Å²) in [6.45, 7) is 6.30. The minimum atomic E-state index is -0.175. The quantitative estimate of drug-likeness (QED) is 0.376. The normalized spacial score (nSPS) is 19.2. The van der Waals surface area contributed by atoms with E-state index in [-0.39, 0.29) is 18.1 Å². The number of rotatable bonds is 3. The van der Waals surface area contributed by atoms with Crippen molar-refractivity contribution in [3.05, 3.63) is 71.2 Å². The van der Waals surface area contributed by atoms with Crippen LogP contribution in [0, 0.1) is 0 Å². The van der Waals surface area contributed by atoms with Crippen molar-refractivity contribution in [3.63, 3.8) is 0 Å². The Morgan fingerprint density at radius 2 is 1.83 bits per heavy atom. The number of amides is 1. The molecule has 2 aromatic heterocycles. The van der Waals surface area contributed by atoms with Crippen LogP contribution in [0.25, 0.3) is 16.7 Å². The Morgan fingerprint density at radius 3 is 2.67 bits per heavy atom. The van der Waals surface area contributed by atoms with Crippen LogP contribution in [0.1, 0.15) is 19.8 Å². The lowest BCUT2D eigenvalue weighted by atomic mass is 10.1. The van der Waals surface area contributed by atoms with Crippen molar-refractivity contribution in [3.8, 4) is 11.4 Å². The van der Waals surface area contributed by atoms with E-state index in [0.29, 0.717) is 53.2 Å². The van der Waals surface area contributed by atoms with Gasteiger partial charge in [-0.2, -0.15) is 4.98 Å². The van der Waals surface area contributed by atoms with Gasteiger partial charge in [0.2, 0.25) is 5.95 Å². The van der Waals surface area contributed by atoms with E-state index in [1.54, 1.807) is 15.8 Å². The average Bonchev–Trinajstić information content (AvgIpc) is 3.27. The average molecular weight is 567 g/mol. The highest BCUT2D eigenvalue weighted by molar-refractivity contribution is 5.98. The van der Waals surface area contributed by atoms with Crippen LogP contribution in [0.2, 0.25) is 0 Å². The third-order valence-corrected chi connectivity index (χ3v) is 8.45. The van der Waals surface area contributed by atoms with E-state index in [9.17, 15) is 9.59 Å². The van der Waals surface area contributed by atoms with Crippen LogP contribution in [0.5, 0.6) is 5.75 Å². The fraction of sp³-hybridized carbons (Fsp3) is 0.355. The Kier molecular flexibility index (Phi) is 6.66. The number of nitrogens with one attached hydrogen (secondary N) is 1. The van der Waals surface area contributed by atoms with E-state index in [4.69, 9.17) is 9.72 Å². The number of fused-ring (bicyclic) bond motifs is 5. The number of hydrogen-bond donors (Lipinski definition) is 1. The first-order valence-corrected chi connectivity index (χ1v) is 14.5. The monoisotopic (exact) mass is 566 g/mol. The van der Waals surface area contributed by atoms with Crippen molar-refractivity contribution in [1.82, 2.24) is 24.2 Å². The van der Waals surface area contributed by atoms with Gasteiger partial charge in [0.25, 0.3) is 11.5 Å². The standard InChI is InChI=1S/C31H34N8O3/c1-21-19-36(16-15-35(21)2)23-9-7-22(8-10-23)33-31-32-18-25-29(34-31)39-24-11-12-27-26(17-24)37(28(40)20-42-27)13-5-3-4-6-14-38(39)30(25)41/h4,6-12,17-18,21H,3,5,13-16,19-20H2,1-2H3,(H,32,33,34). The van der Waals surface area contributed by atoms with E-state index < -0.39 is 0 Å².